The summed E-state index contributed by atoms with van der Waals surface area (Å²) in [5.74, 6) is 0. The minimum atomic E-state index is -0.330. The third-order valence-electron chi connectivity index (χ3n) is 6.89. The van der Waals surface area contributed by atoms with E-state index in [2.05, 4.69) is 73.0 Å². The van der Waals surface area contributed by atoms with Crippen molar-refractivity contribution in [1.29, 1.82) is 0 Å². The van der Waals surface area contributed by atoms with Crippen molar-refractivity contribution in [3.63, 3.8) is 0 Å². The maximum Gasteiger partial charge on any atom is 0.666 e. The smallest absolute Gasteiger partial charge is 0.322 e. The molecule has 0 heterocycles. The normalized spacial score (nSPS) is 22.2. The van der Waals surface area contributed by atoms with Crippen LogP contribution in [0.4, 0.5) is 0 Å². The molecular weight excluding hydrogens is 358 g/mol. The van der Waals surface area contributed by atoms with Crippen LogP contribution in [0.3, 0.4) is 0 Å². The number of quaternary nitrogens is 1. The van der Waals surface area contributed by atoms with Gasteiger partial charge in [-0.05, 0) is 43.2 Å². The van der Waals surface area contributed by atoms with Crippen LogP contribution in [0, 0.1) is 5.41 Å². The average Bonchev–Trinajstić information content (AvgIpc) is 2.72. The molecule has 0 bridgehead atoms. The molecule has 2 nitrogen and oxygen atoms in total. The van der Waals surface area contributed by atoms with Crippen molar-refractivity contribution < 1.29 is 30.3 Å². The van der Waals surface area contributed by atoms with Crippen molar-refractivity contribution in [3.8, 4) is 0 Å². The Balaban J connectivity index is 0.00000312. The van der Waals surface area contributed by atoms with Gasteiger partial charge < -0.3 is 4.15 Å². The number of hydrogen-bond acceptors (Lipinski definition) is 1. The van der Waals surface area contributed by atoms with Crippen LogP contribution in [0.1, 0.15) is 71.4 Å². The van der Waals surface area contributed by atoms with Crippen molar-refractivity contribution in [1.82, 2.24) is 0 Å². The first-order chi connectivity index (χ1) is 11.0. The van der Waals surface area contributed by atoms with Crippen LogP contribution < -0.4 is 0 Å². The summed E-state index contributed by atoms with van der Waals surface area (Å²) in [5.41, 5.74) is 3.42. The first-order valence-electron chi connectivity index (χ1n) is 9.35. The quantitative estimate of drug-likeness (QED) is 0.602. The van der Waals surface area contributed by atoms with E-state index in [9.17, 15) is 4.46 Å². The van der Waals surface area contributed by atoms with E-state index in [-0.39, 0.29) is 47.7 Å². The first-order valence-corrected chi connectivity index (χ1v) is 10.2. The number of nitrogens with zero attached hydrogens (tertiary/aromatic N) is 1. The van der Waals surface area contributed by atoms with Crippen LogP contribution in [0.25, 0.3) is 0 Å². The number of rotatable bonds is 7. The van der Waals surface area contributed by atoms with Crippen LogP contribution in [-0.4, -0.2) is 33.4 Å². The molecule has 1 aliphatic carbocycles. The summed E-state index contributed by atoms with van der Waals surface area (Å²) in [6, 6.07) is 9.04. The molecule has 1 aliphatic rings. The zero-order chi connectivity index (χ0) is 18.2. The van der Waals surface area contributed by atoms with Crippen LogP contribution in [0.5, 0.6) is 0 Å². The van der Waals surface area contributed by atoms with Crippen molar-refractivity contribution >= 4 is 9.57 Å². The summed E-state index contributed by atoms with van der Waals surface area (Å²) in [6.45, 7) is 11.8. The third kappa shape index (κ3) is 3.95. The van der Waals surface area contributed by atoms with Gasteiger partial charge in [0.05, 0.1) is 19.6 Å². The minimum absolute atomic E-state index is 0. The number of hydrogen-bond donors (Lipinski definition) is 0. The van der Waals surface area contributed by atoms with E-state index >= 15 is 0 Å². The molecule has 1 radical (unpaired) electrons. The summed E-state index contributed by atoms with van der Waals surface area (Å²) in [5, 5.41) is 0. The second-order valence-electron chi connectivity index (χ2n) is 9.44. The van der Waals surface area contributed by atoms with Crippen molar-refractivity contribution in [2.45, 2.75) is 77.7 Å². The molecule has 1 atom stereocenters. The molecule has 0 N–H and O–H groups in total. The Labute approximate surface area is 172 Å². The van der Waals surface area contributed by atoms with Gasteiger partial charge in [0.1, 0.15) is 0 Å². The summed E-state index contributed by atoms with van der Waals surface area (Å²) in [7, 11) is 3.88. The molecule has 0 saturated heterocycles. The first kappa shape index (κ1) is 23.0. The second-order valence-corrected chi connectivity index (χ2v) is 10.7. The molecule has 2 rings (SSSR count). The Hall–Kier alpha value is -0.0888. The Morgan fingerprint density at radius 3 is 2.36 bits per heavy atom. The molecule has 1 aromatic carbocycles. The predicted octanol–water partition coefficient (Wildman–Crippen LogP) is 4.90. The second kappa shape index (κ2) is 7.88. The predicted molar refractivity (Wildman–Crippen MR) is 102 cm³/mol. The van der Waals surface area contributed by atoms with Gasteiger partial charge in [0.15, 0.2) is 0 Å². The average molecular weight is 393 g/mol. The fraction of sp³-hybridized carbons (Fsp3) is 0.714. The van der Waals surface area contributed by atoms with Crippen molar-refractivity contribution in [2.24, 2.45) is 5.41 Å². The van der Waals surface area contributed by atoms with E-state index in [1.807, 2.05) is 0 Å². The van der Waals surface area contributed by atoms with Gasteiger partial charge in [-0.15, -0.1) is 0 Å². The summed E-state index contributed by atoms with van der Waals surface area (Å²) < 4.78 is 12.5. The number of unbranched alkanes of at least 4 members (excludes halogenated alkanes) is 1. The largest absolute Gasteiger partial charge is 0.666 e. The molecule has 0 aliphatic heterocycles. The molecule has 137 valence electrons. The summed E-state index contributed by atoms with van der Waals surface area (Å²) in [4.78, 5) is 0. The minimum Gasteiger partial charge on any atom is -0.322 e. The zero-order valence-electron chi connectivity index (χ0n) is 17.2. The standard InChI is InChI=1S/C21H35NOSi.Ti/c1-8-9-14-21(16-20(4,5)22(6,7)24-23)18-13-11-10-12-17(18)15-19(21,2)3;/h10-13H,8-9,14-16H2,1-7H3;/q+1;. The van der Waals surface area contributed by atoms with E-state index < -0.39 is 0 Å². The molecule has 0 saturated carbocycles. The van der Waals surface area contributed by atoms with Crippen molar-refractivity contribution in [3.05, 3.63) is 35.4 Å². The zero-order valence-corrected chi connectivity index (χ0v) is 19.8. The van der Waals surface area contributed by atoms with Crippen LogP contribution in [0.15, 0.2) is 24.3 Å². The molecular formula is C21H35NOSiTi+. The fourth-order valence-corrected chi connectivity index (χ4v) is 4.91. The van der Waals surface area contributed by atoms with Gasteiger partial charge in [-0.2, -0.15) is 0 Å². The molecule has 1 unspecified atom stereocenters. The topological polar surface area (TPSA) is 17.1 Å². The van der Waals surface area contributed by atoms with Gasteiger partial charge in [0.2, 0.25) is 0 Å². The Morgan fingerprint density at radius 1 is 1.20 bits per heavy atom. The molecule has 25 heavy (non-hydrogen) atoms. The molecule has 4 heteroatoms. The fourth-order valence-electron chi connectivity index (χ4n) is 4.59. The Bertz CT molecular complexity index is 612. The molecule has 0 spiro atoms. The van der Waals surface area contributed by atoms with Crippen LogP contribution in [0.2, 0.25) is 0 Å². The van der Waals surface area contributed by atoms with E-state index in [4.69, 9.17) is 0 Å². The molecule has 0 fully saturated rings. The number of benzene rings is 1. The summed E-state index contributed by atoms with van der Waals surface area (Å²) in [6.07, 6.45) is 5.92. The SMILES string of the molecule is CCCCC1(CC(C)(C)[N+](C)(C)[Si]=O)c2ccccc2CC1(C)C.[Ti]. The Morgan fingerprint density at radius 2 is 1.80 bits per heavy atom. The van der Waals surface area contributed by atoms with E-state index in [1.54, 1.807) is 5.56 Å². The molecule has 0 aromatic heterocycles. The van der Waals surface area contributed by atoms with Crippen LogP contribution in [-0.2, 0) is 38.0 Å². The van der Waals surface area contributed by atoms with E-state index in [1.165, 1.54) is 24.8 Å². The van der Waals surface area contributed by atoms with Gasteiger partial charge >= 0.3 is 9.57 Å². The van der Waals surface area contributed by atoms with E-state index in [0.29, 0.717) is 4.15 Å². The monoisotopic (exact) mass is 393 g/mol. The van der Waals surface area contributed by atoms with E-state index in [0.717, 1.165) is 12.8 Å². The van der Waals surface area contributed by atoms with Crippen molar-refractivity contribution in [2.75, 3.05) is 14.1 Å². The third-order valence-corrected chi connectivity index (χ3v) is 7.96. The Kier molecular flexibility index (Phi) is 7.23. The maximum absolute atomic E-state index is 11.9. The van der Waals surface area contributed by atoms with Gasteiger partial charge in [-0.1, -0.05) is 57.9 Å². The summed E-state index contributed by atoms with van der Waals surface area (Å²) >= 11 is 0. The molecule has 1 aromatic rings. The van der Waals surface area contributed by atoms with Gasteiger partial charge in [0.25, 0.3) is 0 Å². The van der Waals surface area contributed by atoms with Gasteiger partial charge in [-0.3, -0.25) is 4.46 Å². The number of fused-ring (bicyclic) bond motifs is 1. The molecule has 0 amide bonds. The van der Waals surface area contributed by atoms with Gasteiger partial charge in [0, 0.05) is 33.6 Å². The maximum atomic E-state index is 11.9. The van der Waals surface area contributed by atoms with Gasteiger partial charge in [-0.25, -0.2) is 0 Å². The van der Waals surface area contributed by atoms with Crippen LogP contribution >= 0.6 is 0 Å².